The van der Waals surface area contributed by atoms with E-state index in [0.717, 1.165) is 12.3 Å². The summed E-state index contributed by atoms with van der Waals surface area (Å²) in [6, 6.07) is 13.0. The molecule has 1 saturated heterocycles. The summed E-state index contributed by atoms with van der Waals surface area (Å²) < 4.78 is 7.96. The molecule has 4 nitrogen and oxygen atoms in total. The van der Waals surface area contributed by atoms with Crippen LogP contribution in [0.5, 0.6) is 5.75 Å². The van der Waals surface area contributed by atoms with E-state index in [1.807, 2.05) is 12.1 Å². The summed E-state index contributed by atoms with van der Waals surface area (Å²) in [4.78, 5) is 4.81. The molecule has 146 valence electrons. The molecule has 1 unspecified atom stereocenters. The van der Waals surface area contributed by atoms with E-state index >= 15 is 0 Å². The second-order valence-corrected chi connectivity index (χ2v) is 6.90. The molecule has 0 saturated carbocycles. The summed E-state index contributed by atoms with van der Waals surface area (Å²) in [6.45, 7) is 3.50. The summed E-state index contributed by atoms with van der Waals surface area (Å²) in [7, 11) is 8.19. The van der Waals surface area contributed by atoms with Crippen molar-refractivity contribution in [3.05, 3.63) is 53.3 Å². The van der Waals surface area contributed by atoms with E-state index in [1.165, 1.54) is 42.9 Å². The van der Waals surface area contributed by atoms with Crippen molar-refractivity contribution in [3.8, 4) is 5.75 Å². The van der Waals surface area contributed by atoms with E-state index in [4.69, 9.17) is 4.74 Å². The van der Waals surface area contributed by atoms with Gasteiger partial charge in [0.05, 0.1) is 13.2 Å². The fraction of sp³-hybridized carbons (Fsp3) is 0.500. The summed E-state index contributed by atoms with van der Waals surface area (Å²) in [6.07, 6.45) is 2.66. The molecule has 2 aromatic rings. The molecule has 0 N–H and O–H groups in total. The standard InChI is InChI=1S/C20H29N3O.2ClH/c1-21(2)20(17-9-5-6-10-19(17)24-4)18-12-11-16(22(18)3)15-23-13-7-8-14-23;;/h5-6,9-12,20H,7-8,13-15H2,1-4H3;2*1H. The quantitative estimate of drug-likeness (QED) is 0.728. The van der Waals surface area contributed by atoms with Crippen LogP contribution in [0.25, 0.3) is 0 Å². The average Bonchev–Trinajstić information content (AvgIpc) is 3.21. The summed E-state index contributed by atoms with van der Waals surface area (Å²) in [5, 5.41) is 0. The maximum absolute atomic E-state index is 5.61. The minimum Gasteiger partial charge on any atom is -0.496 e. The van der Waals surface area contributed by atoms with Crippen molar-refractivity contribution >= 4 is 24.8 Å². The largest absolute Gasteiger partial charge is 0.496 e. The topological polar surface area (TPSA) is 20.6 Å². The smallest absolute Gasteiger partial charge is 0.124 e. The number of para-hydroxylation sites is 1. The third kappa shape index (κ3) is 4.74. The average molecular weight is 400 g/mol. The lowest BCUT2D eigenvalue weighted by atomic mass is 10.0. The van der Waals surface area contributed by atoms with Gasteiger partial charge in [0.2, 0.25) is 0 Å². The van der Waals surface area contributed by atoms with E-state index in [0.29, 0.717) is 0 Å². The summed E-state index contributed by atoms with van der Waals surface area (Å²) in [5.74, 6) is 0.943. The molecule has 1 fully saturated rings. The molecule has 0 spiro atoms. The monoisotopic (exact) mass is 399 g/mol. The van der Waals surface area contributed by atoms with Gasteiger partial charge in [0.25, 0.3) is 0 Å². The molecule has 1 atom stereocenters. The van der Waals surface area contributed by atoms with Gasteiger partial charge in [-0.1, -0.05) is 18.2 Å². The Morgan fingerprint density at radius 1 is 1.04 bits per heavy atom. The molecule has 0 amide bonds. The van der Waals surface area contributed by atoms with Crippen molar-refractivity contribution in [2.24, 2.45) is 7.05 Å². The molecular formula is C20H31Cl2N3O. The fourth-order valence-electron chi connectivity index (χ4n) is 3.77. The minimum atomic E-state index is 0. The minimum absolute atomic E-state index is 0. The Balaban J connectivity index is 0.00000169. The molecule has 0 aliphatic carbocycles. The van der Waals surface area contributed by atoms with Crippen LogP contribution < -0.4 is 4.74 Å². The van der Waals surface area contributed by atoms with Crippen LogP contribution >= 0.6 is 24.8 Å². The molecule has 1 aliphatic rings. The van der Waals surface area contributed by atoms with E-state index in [1.54, 1.807) is 7.11 Å². The van der Waals surface area contributed by atoms with Gasteiger partial charge in [-0.25, -0.2) is 0 Å². The van der Waals surface area contributed by atoms with E-state index in [2.05, 4.69) is 59.8 Å². The van der Waals surface area contributed by atoms with Gasteiger partial charge in [-0.3, -0.25) is 9.80 Å². The SMILES string of the molecule is COc1ccccc1C(c1ccc(CN2CCCC2)n1C)N(C)C.Cl.Cl. The molecule has 6 heteroatoms. The van der Waals surface area contributed by atoms with Gasteiger partial charge < -0.3 is 9.30 Å². The second-order valence-electron chi connectivity index (χ2n) is 6.90. The molecule has 3 rings (SSSR count). The molecular weight excluding hydrogens is 369 g/mol. The van der Waals surface area contributed by atoms with Gasteiger partial charge >= 0.3 is 0 Å². The number of hydrogen-bond donors (Lipinski definition) is 0. The Morgan fingerprint density at radius 3 is 2.31 bits per heavy atom. The number of aromatic nitrogens is 1. The van der Waals surface area contributed by atoms with Gasteiger partial charge in [-0.05, 0) is 58.2 Å². The number of nitrogens with zero attached hydrogens (tertiary/aromatic N) is 3. The van der Waals surface area contributed by atoms with E-state index in [-0.39, 0.29) is 30.9 Å². The van der Waals surface area contributed by atoms with Crippen LogP contribution in [0.1, 0.15) is 35.8 Å². The predicted octanol–water partition coefficient (Wildman–Crippen LogP) is 4.12. The fourth-order valence-corrected chi connectivity index (χ4v) is 3.77. The van der Waals surface area contributed by atoms with E-state index in [9.17, 15) is 0 Å². The molecule has 0 radical (unpaired) electrons. The van der Waals surface area contributed by atoms with Crippen molar-refractivity contribution in [2.45, 2.75) is 25.4 Å². The van der Waals surface area contributed by atoms with Crippen LogP contribution in [0, 0.1) is 0 Å². The van der Waals surface area contributed by atoms with Gasteiger partial charge in [-0.2, -0.15) is 0 Å². The lowest BCUT2D eigenvalue weighted by Crippen LogP contribution is -2.25. The Labute approximate surface area is 169 Å². The number of ether oxygens (including phenoxy) is 1. The first-order valence-corrected chi connectivity index (χ1v) is 8.78. The maximum atomic E-state index is 5.61. The predicted molar refractivity (Wildman–Crippen MR) is 113 cm³/mol. The molecule has 2 heterocycles. The molecule has 1 aliphatic heterocycles. The number of benzene rings is 1. The zero-order chi connectivity index (χ0) is 17.1. The van der Waals surface area contributed by atoms with Crippen molar-refractivity contribution in [3.63, 3.8) is 0 Å². The lowest BCUT2D eigenvalue weighted by Gasteiger charge is -2.27. The van der Waals surface area contributed by atoms with Gasteiger partial charge in [0.15, 0.2) is 0 Å². The first-order chi connectivity index (χ1) is 11.6. The maximum Gasteiger partial charge on any atom is 0.124 e. The Bertz CT molecular complexity index is 681. The lowest BCUT2D eigenvalue weighted by molar-refractivity contribution is 0.307. The number of halogens is 2. The van der Waals surface area contributed by atoms with Crippen LogP contribution in [0.4, 0.5) is 0 Å². The Morgan fingerprint density at radius 2 is 1.69 bits per heavy atom. The number of rotatable bonds is 6. The van der Waals surface area contributed by atoms with Crippen molar-refractivity contribution in [2.75, 3.05) is 34.3 Å². The first kappa shape index (κ1) is 22.8. The number of likely N-dealkylation sites (tertiary alicyclic amines) is 1. The highest BCUT2D eigenvalue weighted by molar-refractivity contribution is 5.85. The molecule has 1 aromatic carbocycles. The van der Waals surface area contributed by atoms with Crippen LogP contribution in [-0.2, 0) is 13.6 Å². The van der Waals surface area contributed by atoms with Crippen molar-refractivity contribution in [1.29, 1.82) is 0 Å². The zero-order valence-corrected chi connectivity index (χ0v) is 17.8. The van der Waals surface area contributed by atoms with Gasteiger partial charge in [-0.15, -0.1) is 24.8 Å². The number of hydrogen-bond acceptors (Lipinski definition) is 3. The number of methoxy groups -OCH3 is 1. The van der Waals surface area contributed by atoms with Crippen LogP contribution in [0.15, 0.2) is 36.4 Å². The van der Waals surface area contributed by atoms with Crippen LogP contribution in [0.2, 0.25) is 0 Å². The highest BCUT2D eigenvalue weighted by Crippen LogP contribution is 2.34. The molecule has 1 aromatic heterocycles. The zero-order valence-electron chi connectivity index (χ0n) is 16.1. The van der Waals surface area contributed by atoms with E-state index < -0.39 is 0 Å². The van der Waals surface area contributed by atoms with Crippen LogP contribution in [-0.4, -0.2) is 48.7 Å². The normalized spacial score (nSPS) is 15.4. The van der Waals surface area contributed by atoms with Crippen LogP contribution in [0.3, 0.4) is 0 Å². The van der Waals surface area contributed by atoms with Gasteiger partial charge in [0.1, 0.15) is 5.75 Å². The summed E-state index contributed by atoms with van der Waals surface area (Å²) in [5.41, 5.74) is 3.89. The first-order valence-electron chi connectivity index (χ1n) is 8.78. The highest BCUT2D eigenvalue weighted by atomic mass is 35.5. The van der Waals surface area contributed by atoms with Gasteiger partial charge in [0, 0.05) is 30.5 Å². The Kier molecular flexibility index (Phi) is 8.97. The second kappa shape index (κ2) is 10.2. The van der Waals surface area contributed by atoms with Crippen molar-refractivity contribution in [1.82, 2.24) is 14.4 Å². The third-order valence-electron chi connectivity index (χ3n) is 5.08. The Hall–Kier alpha value is -1.20. The molecule has 26 heavy (non-hydrogen) atoms. The summed E-state index contributed by atoms with van der Waals surface area (Å²) >= 11 is 0. The van der Waals surface area contributed by atoms with Crippen molar-refractivity contribution < 1.29 is 4.74 Å². The third-order valence-corrected chi connectivity index (χ3v) is 5.08. The highest BCUT2D eigenvalue weighted by Gasteiger charge is 2.24. The molecule has 0 bridgehead atoms.